The van der Waals surface area contributed by atoms with E-state index in [2.05, 4.69) is 51.1 Å². The van der Waals surface area contributed by atoms with Crippen LogP contribution < -0.4 is 0 Å². The minimum Gasteiger partial charge on any atom is -0.462 e. The predicted molar refractivity (Wildman–Crippen MR) is 194 cm³/mol. The number of cyclic esters (lactones) is 1. The molecule has 11 heteroatoms. The molecule has 0 bridgehead atoms. The quantitative estimate of drug-likeness (QED) is 0.222. The summed E-state index contributed by atoms with van der Waals surface area (Å²) < 4.78 is 49.5. The van der Waals surface area contributed by atoms with E-state index in [1.807, 2.05) is 13.8 Å². The first kappa shape index (κ1) is 40.0. The summed E-state index contributed by atoms with van der Waals surface area (Å²) in [6.45, 7) is 8.17. The van der Waals surface area contributed by atoms with Gasteiger partial charge in [0.2, 0.25) is 0 Å². The normalized spacial score (nSPS) is 45.7. The van der Waals surface area contributed by atoms with Gasteiger partial charge in [-0.2, -0.15) is 0 Å². The summed E-state index contributed by atoms with van der Waals surface area (Å²) in [5, 5.41) is 0. The van der Waals surface area contributed by atoms with Gasteiger partial charge in [0.1, 0.15) is 24.4 Å². The highest BCUT2D eigenvalue weighted by molar-refractivity contribution is 5.99. The SMILES string of the molecule is CC[C@H]1CCC[C@H](O[C@@H]2CC[C@H](N(C)C)[C@H](C)O2)[C@@H](C)C(=O)C2=C[C@@H]3[C@@H](C=C[C@@H]4C[C@@H](O[C@@H]5O[C@@H](C)[C@H](OC)[C@@H](OC)[C@H]5OC)C[C@@H]34)[C@@H]2CC(=O)O1. The van der Waals surface area contributed by atoms with E-state index in [9.17, 15) is 9.59 Å². The number of Topliss-reactive ketones (excluding diaryl/α,β-unsaturated/α-hetero) is 1. The van der Waals surface area contributed by atoms with Crippen LogP contribution in [-0.2, 0) is 47.5 Å². The topological polar surface area (TPSA) is 111 Å². The van der Waals surface area contributed by atoms with Crippen LogP contribution in [0.5, 0.6) is 0 Å². The second-order valence-electron chi connectivity index (χ2n) is 16.5. The zero-order chi connectivity index (χ0) is 37.3. The Kier molecular flexibility index (Phi) is 13.4. The summed E-state index contributed by atoms with van der Waals surface area (Å²) in [7, 11) is 9.15. The highest BCUT2D eigenvalue weighted by atomic mass is 16.7. The maximum Gasteiger partial charge on any atom is 0.306 e. The number of allylic oxidation sites excluding steroid dienone is 4. The van der Waals surface area contributed by atoms with Gasteiger partial charge >= 0.3 is 5.97 Å². The Hall–Kier alpha value is -1.70. The van der Waals surface area contributed by atoms with Gasteiger partial charge in [0.05, 0.1) is 30.8 Å². The van der Waals surface area contributed by atoms with Crippen molar-refractivity contribution in [3.8, 4) is 0 Å². The molecule has 0 aromatic carbocycles. The smallest absolute Gasteiger partial charge is 0.306 e. The van der Waals surface area contributed by atoms with E-state index in [4.69, 9.17) is 37.9 Å². The molecule has 6 aliphatic rings. The number of esters is 1. The Morgan fingerprint density at radius 3 is 2.25 bits per heavy atom. The van der Waals surface area contributed by atoms with Gasteiger partial charge in [0.25, 0.3) is 0 Å². The largest absolute Gasteiger partial charge is 0.462 e. The summed E-state index contributed by atoms with van der Waals surface area (Å²) in [6.07, 6.45) is 10.8. The van der Waals surface area contributed by atoms with Crippen molar-refractivity contribution in [2.75, 3.05) is 35.4 Å². The third-order valence-electron chi connectivity index (χ3n) is 13.3. The van der Waals surface area contributed by atoms with Crippen molar-refractivity contribution < 1.29 is 47.5 Å². The summed E-state index contributed by atoms with van der Waals surface area (Å²) in [5.74, 6) is 0.0198. The summed E-state index contributed by atoms with van der Waals surface area (Å²) >= 11 is 0. The van der Waals surface area contributed by atoms with Crippen molar-refractivity contribution in [2.45, 2.75) is 153 Å². The monoisotopic (exact) mass is 731 g/mol. The number of hydrogen-bond donors (Lipinski definition) is 0. The molecule has 0 aromatic rings. The number of carbonyl (C=O) groups excluding carboxylic acids is 2. The van der Waals surface area contributed by atoms with E-state index in [0.29, 0.717) is 18.4 Å². The van der Waals surface area contributed by atoms with E-state index < -0.39 is 12.4 Å². The molecule has 0 spiro atoms. The van der Waals surface area contributed by atoms with Crippen molar-refractivity contribution >= 4 is 11.8 Å². The first-order valence-electron chi connectivity index (χ1n) is 20.0. The Bertz CT molecular complexity index is 1290. The van der Waals surface area contributed by atoms with Crippen molar-refractivity contribution in [1.29, 1.82) is 0 Å². The second-order valence-corrected chi connectivity index (χ2v) is 16.5. The molecule has 52 heavy (non-hydrogen) atoms. The Morgan fingerprint density at radius 1 is 0.827 bits per heavy atom. The van der Waals surface area contributed by atoms with Crippen LogP contribution in [0.15, 0.2) is 23.8 Å². The number of carbonyl (C=O) groups is 2. The number of methoxy groups -OCH3 is 3. The average Bonchev–Trinajstić information content (AvgIpc) is 3.70. The molecule has 17 atom stereocenters. The third kappa shape index (κ3) is 8.27. The number of ketones is 1. The molecule has 11 nitrogen and oxygen atoms in total. The molecule has 3 saturated heterocycles. The van der Waals surface area contributed by atoms with Crippen molar-refractivity contribution in [2.24, 2.45) is 35.5 Å². The molecule has 0 aromatic heterocycles. The Morgan fingerprint density at radius 2 is 1.58 bits per heavy atom. The standard InChI is InChI=1S/C41H65NO10/c1-10-26-12-11-13-34(52-36-17-16-33(42(5)6)23(3)48-36)22(2)37(44)32-20-30-28(31(32)21-35(43)50-26)15-14-25-18-27(19-29(25)30)51-41-40(47-9)39(46-8)38(45-7)24(4)49-41/h14-15,20,22-31,33-34,36,38-41H,10-13,16-19,21H2,1-9H3/t22-,23+,24+,25-,26+,27-,28-,29-,30-,31+,33+,34+,36-,38+,39-,40-,41+/m1/s1. The zero-order valence-electron chi connectivity index (χ0n) is 32.9. The van der Waals surface area contributed by atoms with Crippen molar-refractivity contribution in [1.82, 2.24) is 4.90 Å². The molecule has 0 unspecified atom stereocenters. The lowest BCUT2D eigenvalue weighted by molar-refractivity contribution is -0.314. The van der Waals surface area contributed by atoms with E-state index >= 15 is 0 Å². The molecular formula is C41H65NO10. The van der Waals surface area contributed by atoms with Gasteiger partial charge in [-0.05, 0) is 109 Å². The van der Waals surface area contributed by atoms with Gasteiger partial charge in [0, 0.05) is 39.2 Å². The van der Waals surface area contributed by atoms with Gasteiger partial charge in [-0.1, -0.05) is 32.1 Å². The highest BCUT2D eigenvalue weighted by Gasteiger charge is 2.52. The summed E-state index contributed by atoms with van der Waals surface area (Å²) in [5.41, 5.74) is 0.763. The van der Waals surface area contributed by atoms with Crippen molar-refractivity contribution in [3.63, 3.8) is 0 Å². The minimum absolute atomic E-state index is 0.0380. The highest BCUT2D eigenvalue weighted by Crippen LogP contribution is 2.54. The average molecular weight is 732 g/mol. The van der Waals surface area contributed by atoms with Crippen molar-refractivity contribution in [3.05, 3.63) is 23.8 Å². The van der Waals surface area contributed by atoms with Gasteiger partial charge in [-0.15, -0.1) is 0 Å². The van der Waals surface area contributed by atoms with Crippen LogP contribution in [0.4, 0.5) is 0 Å². The third-order valence-corrected chi connectivity index (χ3v) is 13.3. The number of ether oxygens (including phenoxy) is 8. The van der Waals surface area contributed by atoms with Crippen LogP contribution in [-0.4, -0.2) is 120 Å². The minimum atomic E-state index is -0.594. The van der Waals surface area contributed by atoms with Crippen LogP contribution in [0.2, 0.25) is 0 Å². The van der Waals surface area contributed by atoms with E-state index in [0.717, 1.165) is 50.5 Å². The number of rotatable bonds is 9. The molecule has 294 valence electrons. The fourth-order valence-electron chi connectivity index (χ4n) is 10.4. The molecule has 3 aliphatic carbocycles. The second kappa shape index (κ2) is 17.4. The number of fused-ring (bicyclic) bond motifs is 5. The summed E-state index contributed by atoms with van der Waals surface area (Å²) in [4.78, 5) is 30.4. The van der Waals surface area contributed by atoms with Crippen LogP contribution in [0.1, 0.15) is 85.5 Å². The van der Waals surface area contributed by atoms with Crippen LogP contribution in [0.3, 0.4) is 0 Å². The van der Waals surface area contributed by atoms with Gasteiger partial charge in [0.15, 0.2) is 18.4 Å². The maximum absolute atomic E-state index is 14.7. The molecule has 3 aliphatic heterocycles. The first-order chi connectivity index (χ1) is 25.0. The molecule has 1 saturated carbocycles. The number of nitrogens with zero attached hydrogens (tertiary/aromatic N) is 1. The van der Waals surface area contributed by atoms with E-state index in [1.54, 1.807) is 21.3 Å². The first-order valence-corrected chi connectivity index (χ1v) is 20.0. The Labute approximate surface area is 311 Å². The van der Waals surface area contributed by atoms with Gasteiger partial charge in [-0.25, -0.2) is 0 Å². The van der Waals surface area contributed by atoms with Crippen LogP contribution >= 0.6 is 0 Å². The lowest BCUT2D eigenvalue weighted by Gasteiger charge is -2.44. The molecule has 3 heterocycles. The lowest BCUT2D eigenvalue weighted by Crippen LogP contribution is -2.59. The molecule has 0 N–H and O–H groups in total. The van der Waals surface area contributed by atoms with Gasteiger partial charge < -0.3 is 42.8 Å². The van der Waals surface area contributed by atoms with Crippen LogP contribution in [0.25, 0.3) is 0 Å². The lowest BCUT2D eigenvalue weighted by atomic mass is 9.70. The summed E-state index contributed by atoms with van der Waals surface area (Å²) in [6, 6.07) is 0.339. The maximum atomic E-state index is 14.7. The molecule has 4 fully saturated rings. The number of likely N-dealkylation sites (N-methyl/N-ethyl adjacent to an activating group) is 1. The fourth-order valence-corrected chi connectivity index (χ4v) is 10.4. The predicted octanol–water partition coefficient (Wildman–Crippen LogP) is 5.49. The molecular weight excluding hydrogens is 666 g/mol. The van der Waals surface area contributed by atoms with E-state index in [-0.39, 0.29) is 96.8 Å². The molecule has 0 amide bonds. The number of hydrogen-bond acceptors (Lipinski definition) is 11. The molecule has 6 rings (SSSR count). The van der Waals surface area contributed by atoms with Crippen LogP contribution in [0, 0.1) is 35.5 Å². The fraction of sp³-hybridized carbons (Fsp3) is 0.854. The Balaban J connectivity index is 1.20. The molecule has 0 radical (unpaired) electrons. The van der Waals surface area contributed by atoms with E-state index in [1.165, 1.54) is 0 Å². The van der Waals surface area contributed by atoms with Gasteiger partial charge in [-0.3, -0.25) is 9.59 Å². The zero-order valence-corrected chi connectivity index (χ0v) is 32.9.